The average molecular weight is 303 g/mol. The van der Waals surface area contributed by atoms with Crippen LogP contribution in [0.15, 0.2) is 18.5 Å². The largest absolute Gasteiger partial charge is 0.481 e. The molecule has 118 valence electrons. The van der Waals surface area contributed by atoms with Crippen LogP contribution in [0.4, 0.5) is 5.95 Å². The molecule has 0 amide bonds. The third-order valence-electron chi connectivity index (χ3n) is 3.81. The van der Waals surface area contributed by atoms with Gasteiger partial charge in [-0.25, -0.2) is 4.98 Å². The minimum Gasteiger partial charge on any atom is -0.481 e. The Hall–Kier alpha value is -2.15. The lowest BCUT2D eigenvalue weighted by molar-refractivity contribution is 0.183. The number of hydrogen-bond donors (Lipinski definition) is 1. The van der Waals surface area contributed by atoms with Crippen molar-refractivity contribution in [3.8, 4) is 5.88 Å². The molecule has 0 bridgehead atoms. The zero-order valence-electron chi connectivity index (χ0n) is 13.0. The van der Waals surface area contributed by atoms with Crippen molar-refractivity contribution in [2.75, 3.05) is 26.1 Å². The number of fused-ring (bicyclic) bond motifs is 1. The molecule has 1 aliphatic carbocycles. The molecular weight excluding hydrogens is 282 g/mol. The predicted octanol–water partition coefficient (Wildman–Crippen LogP) is 1.82. The molecule has 2 aromatic rings. The van der Waals surface area contributed by atoms with E-state index in [1.807, 2.05) is 4.68 Å². The first-order valence-electron chi connectivity index (χ1n) is 7.49. The molecule has 1 aliphatic rings. The Morgan fingerprint density at radius 2 is 2.32 bits per heavy atom. The maximum atomic E-state index is 5.14. The Labute approximate surface area is 129 Å². The monoisotopic (exact) mass is 303 g/mol. The molecule has 22 heavy (non-hydrogen) atoms. The van der Waals surface area contributed by atoms with E-state index >= 15 is 0 Å². The topological polar surface area (TPSA) is 74.1 Å². The van der Waals surface area contributed by atoms with Gasteiger partial charge in [0.05, 0.1) is 32.0 Å². The minimum absolute atomic E-state index is 0.139. The van der Waals surface area contributed by atoms with Crippen molar-refractivity contribution in [1.82, 2.24) is 19.7 Å². The van der Waals surface area contributed by atoms with E-state index in [9.17, 15) is 0 Å². The first-order chi connectivity index (χ1) is 10.8. The molecule has 2 heterocycles. The van der Waals surface area contributed by atoms with Crippen molar-refractivity contribution >= 4 is 5.95 Å². The molecular formula is C15H21N5O2. The van der Waals surface area contributed by atoms with Crippen LogP contribution < -0.4 is 10.1 Å². The van der Waals surface area contributed by atoms with E-state index in [0.29, 0.717) is 18.4 Å². The fourth-order valence-electron chi connectivity index (χ4n) is 2.72. The summed E-state index contributed by atoms with van der Waals surface area (Å²) in [5.74, 6) is 1.13. The summed E-state index contributed by atoms with van der Waals surface area (Å²) in [5.41, 5.74) is 2.39. The van der Waals surface area contributed by atoms with Crippen LogP contribution in [0.2, 0.25) is 0 Å². The van der Waals surface area contributed by atoms with E-state index in [4.69, 9.17) is 14.6 Å². The number of ether oxygens (including phenoxy) is 2. The van der Waals surface area contributed by atoms with Crippen LogP contribution in [0, 0.1) is 0 Å². The quantitative estimate of drug-likeness (QED) is 0.877. The Balaban J connectivity index is 1.77. The first kappa shape index (κ1) is 14.8. The highest BCUT2D eigenvalue weighted by atomic mass is 16.5. The minimum atomic E-state index is 0.139. The van der Waals surface area contributed by atoms with Crippen LogP contribution in [0.3, 0.4) is 0 Å². The Morgan fingerprint density at radius 1 is 1.41 bits per heavy atom. The van der Waals surface area contributed by atoms with E-state index < -0.39 is 0 Å². The van der Waals surface area contributed by atoms with E-state index in [2.05, 4.69) is 21.5 Å². The lowest BCUT2D eigenvalue weighted by Crippen LogP contribution is -2.18. The first-order valence-corrected chi connectivity index (χ1v) is 7.49. The zero-order chi connectivity index (χ0) is 15.4. The van der Waals surface area contributed by atoms with Gasteiger partial charge in [0.2, 0.25) is 11.8 Å². The van der Waals surface area contributed by atoms with Gasteiger partial charge in [0.25, 0.3) is 0 Å². The van der Waals surface area contributed by atoms with Gasteiger partial charge in [-0.05, 0) is 24.8 Å². The third-order valence-corrected chi connectivity index (χ3v) is 3.81. The van der Waals surface area contributed by atoms with Crippen LogP contribution in [0.5, 0.6) is 5.88 Å². The Morgan fingerprint density at radius 3 is 3.14 bits per heavy atom. The molecule has 0 aromatic carbocycles. The van der Waals surface area contributed by atoms with Crippen LogP contribution in [0.25, 0.3) is 0 Å². The molecule has 7 heteroatoms. The van der Waals surface area contributed by atoms with Gasteiger partial charge >= 0.3 is 0 Å². The van der Waals surface area contributed by atoms with Gasteiger partial charge in [0.1, 0.15) is 0 Å². The van der Waals surface area contributed by atoms with Crippen molar-refractivity contribution in [3.63, 3.8) is 0 Å². The summed E-state index contributed by atoms with van der Waals surface area (Å²) in [5, 5.41) is 8.07. The number of nitrogens with one attached hydrogen (secondary N) is 1. The van der Waals surface area contributed by atoms with Crippen LogP contribution in [-0.4, -0.2) is 40.6 Å². The molecule has 1 N–H and O–H groups in total. The summed E-state index contributed by atoms with van der Waals surface area (Å²) in [6.07, 6.45) is 7.03. The highest BCUT2D eigenvalue weighted by Crippen LogP contribution is 2.30. The second-order valence-electron chi connectivity index (χ2n) is 5.31. The number of aromatic nitrogens is 4. The fourth-order valence-corrected chi connectivity index (χ4v) is 2.72. The number of nitrogens with zero attached hydrogens (tertiary/aromatic N) is 4. The maximum Gasteiger partial charge on any atom is 0.226 e. The summed E-state index contributed by atoms with van der Waals surface area (Å²) in [7, 11) is 3.30. The number of aryl methyl sites for hydroxylation is 1. The van der Waals surface area contributed by atoms with Gasteiger partial charge in [-0.2, -0.15) is 10.1 Å². The highest BCUT2D eigenvalue weighted by Gasteiger charge is 2.24. The summed E-state index contributed by atoms with van der Waals surface area (Å²) in [6.45, 7) is 1.43. The average Bonchev–Trinajstić information content (AvgIpc) is 2.97. The van der Waals surface area contributed by atoms with Crippen molar-refractivity contribution in [1.29, 1.82) is 0 Å². The van der Waals surface area contributed by atoms with Gasteiger partial charge in [-0.15, -0.1) is 0 Å². The molecule has 0 unspecified atom stereocenters. The summed E-state index contributed by atoms with van der Waals surface area (Å²) in [6, 6.07) is 1.87. The van der Waals surface area contributed by atoms with Gasteiger partial charge < -0.3 is 14.8 Å². The zero-order valence-corrected chi connectivity index (χ0v) is 13.0. The van der Waals surface area contributed by atoms with Crippen molar-refractivity contribution in [3.05, 3.63) is 29.7 Å². The smallest absolute Gasteiger partial charge is 0.226 e. The van der Waals surface area contributed by atoms with E-state index in [-0.39, 0.29) is 6.04 Å². The fraction of sp³-hybridized carbons (Fsp3) is 0.533. The molecule has 2 aromatic heterocycles. The van der Waals surface area contributed by atoms with Gasteiger partial charge in [0, 0.05) is 25.6 Å². The third kappa shape index (κ3) is 3.19. The molecule has 0 spiro atoms. The number of rotatable bonds is 6. The SMILES string of the molecule is COCCn1cc2c(n1)[C@@H](Nc1nccc(OC)n1)CCC2. The standard InChI is InChI=1S/C15H21N5O2/c1-21-9-8-20-10-11-4-3-5-12(14(11)19-20)17-15-16-7-6-13(18-15)22-2/h6-7,10,12H,3-5,8-9H2,1-2H3,(H,16,17,18)/t12-/m0/s1. The van der Waals surface area contributed by atoms with Crippen LogP contribution >= 0.6 is 0 Å². The van der Waals surface area contributed by atoms with Crippen molar-refractivity contribution in [2.24, 2.45) is 0 Å². The second kappa shape index (κ2) is 6.74. The Kier molecular flexibility index (Phi) is 4.53. The lowest BCUT2D eigenvalue weighted by Gasteiger charge is -2.22. The van der Waals surface area contributed by atoms with Gasteiger partial charge in [-0.3, -0.25) is 4.68 Å². The molecule has 0 aliphatic heterocycles. The lowest BCUT2D eigenvalue weighted by atomic mass is 9.94. The molecule has 7 nitrogen and oxygen atoms in total. The molecule has 1 atom stereocenters. The predicted molar refractivity (Wildman–Crippen MR) is 82.0 cm³/mol. The molecule has 0 radical (unpaired) electrons. The Bertz CT molecular complexity index is 628. The maximum absolute atomic E-state index is 5.14. The highest BCUT2D eigenvalue weighted by molar-refractivity contribution is 5.35. The van der Waals surface area contributed by atoms with Crippen molar-refractivity contribution in [2.45, 2.75) is 31.8 Å². The number of hydrogen-bond acceptors (Lipinski definition) is 6. The second-order valence-corrected chi connectivity index (χ2v) is 5.31. The summed E-state index contributed by atoms with van der Waals surface area (Å²) in [4.78, 5) is 8.57. The molecule has 0 saturated heterocycles. The van der Waals surface area contributed by atoms with Crippen LogP contribution in [0.1, 0.15) is 30.1 Å². The van der Waals surface area contributed by atoms with E-state index in [1.54, 1.807) is 26.5 Å². The van der Waals surface area contributed by atoms with E-state index in [0.717, 1.165) is 31.5 Å². The van der Waals surface area contributed by atoms with Gasteiger partial charge in [-0.1, -0.05) is 0 Å². The molecule has 3 rings (SSSR count). The molecule has 0 fully saturated rings. The van der Waals surface area contributed by atoms with Crippen molar-refractivity contribution < 1.29 is 9.47 Å². The number of methoxy groups -OCH3 is 2. The van der Waals surface area contributed by atoms with Gasteiger partial charge in [0.15, 0.2) is 0 Å². The summed E-state index contributed by atoms with van der Waals surface area (Å²) < 4.78 is 12.2. The number of anilines is 1. The summed E-state index contributed by atoms with van der Waals surface area (Å²) >= 11 is 0. The normalized spacial score (nSPS) is 17.1. The molecule has 0 saturated carbocycles. The van der Waals surface area contributed by atoms with Crippen LogP contribution in [-0.2, 0) is 17.7 Å². The van der Waals surface area contributed by atoms with E-state index in [1.165, 1.54) is 5.56 Å².